The topological polar surface area (TPSA) is 100 Å². The average molecular weight is 410 g/mol. The average Bonchev–Trinajstić information content (AvgIpc) is 2.77. The number of benzene rings is 1. The number of carbonyl (C=O) groups is 2. The maximum atomic E-state index is 14.4. The lowest BCUT2D eigenvalue weighted by molar-refractivity contribution is -0.120. The van der Waals surface area contributed by atoms with E-state index in [9.17, 15) is 18.8 Å². The van der Waals surface area contributed by atoms with Gasteiger partial charge in [0.2, 0.25) is 12.1 Å². The lowest BCUT2D eigenvalue weighted by atomic mass is 10.0. The lowest BCUT2D eigenvalue weighted by Gasteiger charge is -2.35. The van der Waals surface area contributed by atoms with Gasteiger partial charge in [-0.15, -0.1) is 0 Å². The molecule has 30 heavy (non-hydrogen) atoms. The van der Waals surface area contributed by atoms with Gasteiger partial charge in [-0.05, 0) is 11.6 Å². The number of guanidine groups is 1. The Balaban J connectivity index is 1.48. The van der Waals surface area contributed by atoms with E-state index in [0.717, 1.165) is 4.68 Å². The number of amides is 2. The van der Waals surface area contributed by atoms with Crippen molar-refractivity contribution < 1.29 is 14.0 Å². The van der Waals surface area contributed by atoms with Gasteiger partial charge in [0.15, 0.2) is 0 Å². The van der Waals surface area contributed by atoms with Crippen molar-refractivity contribution in [2.75, 3.05) is 26.2 Å². The number of hydrogen-bond donors (Lipinski definition) is 0. The van der Waals surface area contributed by atoms with Gasteiger partial charge in [-0.3, -0.25) is 14.4 Å². The minimum absolute atomic E-state index is 0.0403. The molecule has 0 N–H and O–H groups in total. The molecule has 2 aliphatic heterocycles. The molecule has 0 radical (unpaired) electrons. The molecule has 1 saturated heterocycles. The highest BCUT2D eigenvalue weighted by Crippen LogP contribution is 2.16. The van der Waals surface area contributed by atoms with Gasteiger partial charge in [-0.25, -0.2) is 14.1 Å². The molecule has 0 aliphatic carbocycles. The standard InChI is InChI=1S/C20H19FN6O3/c1-25-15(28)8-7-14(24-25)19(30)26-9-11-27(12-10-26)20-22-17(16(21)18(29)23-20)13-5-3-2-4-6-13/h2-8,16H,9-12H2,1H3. The van der Waals surface area contributed by atoms with E-state index in [0.29, 0.717) is 31.7 Å². The molecule has 4 rings (SSSR count). The Bertz CT molecular complexity index is 1100. The van der Waals surface area contributed by atoms with E-state index in [2.05, 4.69) is 15.1 Å². The fraction of sp³-hybridized carbons (Fsp3) is 0.300. The summed E-state index contributed by atoms with van der Waals surface area (Å²) in [5, 5.41) is 3.99. The molecule has 1 unspecified atom stereocenters. The Morgan fingerprint density at radius 1 is 1.00 bits per heavy atom. The number of aromatic nitrogens is 2. The van der Waals surface area contributed by atoms with Crippen molar-refractivity contribution in [3.8, 4) is 0 Å². The molecular weight excluding hydrogens is 391 g/mol. The van der Waals surface area contributed by atoms with Crippen LogP contribution in [0.2, 0.25) is 0 Å². The van der Waals surface area contributed by atoms with Crippen molar-refractivity contribution in [1.29, 1.82) is 0 Å². The van der Waals surface area contributed by atoms with E-state index >= 15 is 0 Å². The number of nitrogens with zero attached hydrogens (tertiary/aromatic N) is 6. The quantitative estimate of drug-likeness (QED) is 0.707. The van der Waals surface area contributed by atoms with E-state index in [4.69, 9.17) is 0 Å². The van der Waals surface area contributed by atoms with Gasteiger partial charge in [0, 0.05) is 39.3 Å². The maximum Gasteiger partial charge on any atom is 0.289 e. The molecular formula is C20H19FN6O3. The van der Waals surface area contributed by atoms with Crippen molar-refractivity contribution in [1.82, 2.24) is 19.6 Å². The van der Waals surface area contributed by atoms with Crippen LogP contribution in [0.15, 0.2) is 57.2 Å². The van der Waals surface area contributed by atoms with Gasteiger partial charge in [0.1, 0.15) is 5.69 Å². The molecule has 2 amide bonds. The summed E-state index contributed by atoms with van der Waals surface area (Å²) in [4.78, 5) is 47.6. The zero-order valence-electron chi connectivity index (χ0n) is 16.2. The number of piperazine rings is 1. The number of aliphatic imine (C=N–C) groups is 2. The van der Waals surface area contributed by atoms with Crippen LogP contribution in [0.4, 0.5) is 4.39 Å². The molecule has 3 heterocycles. The molecule has 1 aromatic carbocycles. The Morgan fingerprint density at radius 3 is 2.37 bits per heavy atom. The zero-order valence-corrected chi connectivity index (χ0v) is 16.2. The highest BCUT2D eigenvalue weighted by molar-refractivity contribution is 6.23. The summed E-state index contributed by atoms with van der Waals surface area (Å²) >= 11 is 0. The van der Waals surface area contributed by atoms with Crippen LogP contribution in [-0.2, 0) is 11.8 Å². The first kappa shape index (κ1) is 19.6. The van der Waals surface area contributed by atoms with Gasteiger partial charge in [0.05, 0.1) is 5.71 Å². The summed E-state index contributed by atoms with van der Waals surface area (Å²) in [5.74, 6) is -1.02. The molecule has 10 heteroatoms. The van der Waals surface area contributed by atoms with Crippen molar-refractivity contribution >= 4 is 23.5 Å². The van der Waals surface area contributed by atoms with Gasteiger partial charge in [-0.2, -0.15) is 10.1 Å². The highest BCUT2D eigenvalue weighted by Gasteiger charge is 2.33. The summed E-state index contributed by atoms with van der Waals surface area (Å²) < 4.78 is 15.5. The Hall–Kier alpha value is -3.69. The van der Waals surface area contributed by atoms with Crippen molar-refractivity contribution in [3.05, 3.63) is 64.1 Å². The molecule has 2 aromatic rings. The molecule has 2 aliphatic rings. The fourth-order valence-electron chi connectivity index (χ4n) is 3.31. The third-order valence-electron chi connectivity index (χ3n) is 4.99. The molecule has 1 aromatic heterocycles. The lowest BCUT2D eigenvalue weighted by Crippen LogP contribution is -2.51. The van der Waals surface area contributed by atoms with Gasteiger partial charge < -0.3 is 9.80 Å². The zero-order chi connectivity index (χ0) is 21.3. The minimum atomic E-state index is -1.89. The summed E-state index contributed by atoms with van der Waals surface area (Å²) in [6.45, 7) is 1.47. The van der Waals surface area contributed by atoms with E-state index < -0.39 is 12.1 Å². The second-order valence-corrected chi connectivity index (χ2v) is 6.94. The van der Waals surface area contributed by atoms with Crippen LogP contribution in [0.25, 0.3) is 0 Å². The molecule has 1 atom stereocenters. The van der Waals surface area contributed by atoms with E-state index in [1.807, 2.05) is 0 Å². The summed E-state index contributed by atoms with van der Waals surface area (Å²) in [7, 11) is 1.48. The van der Waals surface area contributed by atoms with Crippen LogP contribution in [0.3, 0.4) is 0 Å². The Labute approximate surface area is 171 Å². The van der Waals surface area contributed by atoms with E-state index in [1.165, 1.54) is 19.2 Å². The molecule has 0 bridgehead atoms. The first-order chi connectivity index (χ1) is 14.4. The second-order valence-electron chi connectivity index (χ2n) is 6.94. The fourth-order valence-corrected chi connectivity index (χ4v) is 3.31. The molecule has 0 saturated carbocycles. The monoisotopic (exact) mass is 410 g/mol. The third kappa shape index (κ3) is 3.76. The van der Waals surface area contributed by atoms with E-state index in [1.54, 1.807) is 40.1 Å². The number of aryl methyl sites for hydroxylation is 1. The molecule has 154 valence electrons. The van der Waals surface area contributed by atoms with Crippen LogP contribution in [-0.4, -0.2) is 75.4 Å². The molecule has 1 fully saturated rings. The van der Waals surface area contributed by atoms with Crippen molar-refractivity contribution in [2.24, 2.45) is 17.0 Å². The predicted molar refractivity (Wildman–Crippen MR) is 107 cm³/mol. The van der Waals surface area contributed by atoms with Gasteiger partial charge in [0.25, 0.3) is 17.4 Å². The van der Waals surface area contributed by atoms with Crippen molar-refractivity contribution in [2.45, 2.75) is 6.17 Å². The van der Waals surface area contributed by atoms with E-state index in [-0.39, 0.29) is 28.8 Å². The number of hydrogen-bond acceptors (Lipinski definition) is 6. The first-order valence-corrected chi connectivity index (χ1v) is 9.43. The SMILES string of the molecule is Cn1nc(C(=O)N2CCN(C3=NC(=O)C(F)C(c4ccccc4)=N3)CC2)ccc1=O. The van der Waals surface area contributed by atoms with Crippen LogP contribution in [0, 0.1) is 0 Å². The Morgan fingerprint density at radius 2 is 1.70 bits per heavy atom. The smallest absolute Gasteiger partial charge is 0.289 e. The van der Waals surface area contributed by atoms with Crippen LogP contribution in [0.5, 0.6) is 0 Å². The normalized spacial score (nSPS) is 19.4. The summed E-state index contributed by atoms with van der Waals surface area (Å²) in [6.07, 6.45) is -1.89. The predicted octanol–water partition coefficient (Wildman–Crippen LogP) is 0.262. The second kappa shape index (κ2) is 7.97. The maximum absolute atomic E-state index is 14.4. The number of alkyl halides is 1. The largest absolute Gasteiger partial charge is 0.337 e. The number of rotatable bonds is 2. The third-order valence-corrected chi connectivity index (χ3v) is 4.99. The van der Waals surface area contributed by atoms with Gasteiger partial charge in [-0.1, -0.05) is 30.3 Å². The van der Waals surface area contributed by atoms with Gasteiger partial charge >= 0.3 is 0 Å². The van der Waals surface area contributed by atoms with Crippen LogP contribution < -0.4 is 5.56 Å². The summed E-state index contributed by atoms with van der Waals surface area (Å²) in [6, 6.07) is 11.4. The van der Waals surface area contributed by atoms with Crippen LogP contribution >= 0.6 is 0 Å². The number of carbonyl (C=O) groups excluding carboxylic acids is 2. The first-order valence-electron chi connectivity index (χ1n) is 9.43. The molecule has 9 nitrogen and oxygen atoms in total. The number of halogens is 1. The highest BCUT2D eigenvalue weighted by atomic mass is 19.1. The summed E-state index contributed by atoms with van der Waals surface area (Å²) in [5.41, 5.74) is 0.453. The van der Waals surface area contributed by atoms with Crippen LogP contribution in [0.1, 0.15) is 16.1 Å². The molecule has 0 spiro atoms. The Kier molecular flexibility index (Phi) is 5.21. The van der Waals surface area contributed by atoms with Crippen molar-refractivity contribution in [3.63, 3.8) is 0 Å². The minimum Gasteiger partial charge on any atom is -0.337 e.